The molecule has 0 aliphatic carbocycles. The zero-order chi connectivity index (χ0) is 15.1. The van der Waals surface area contributed by atoms with Gasteiger partial charge in [0.1, 0.15) is 12.5 Å². The van der Waals surface area contributed by atoms with E-state index in [0.29, 0.717) is 6.54 Å². The molecule has 1 aliphatic rings. The summed E-state index contributed by atoms with van der Waals surface area (Å²) >= 11 is 0. The maximum absolute atomic E-state index is 10.6. The number of phenolic OH excluding ortho intramolecular Hbond substituents is 1. The third-order valence-corrected chi connectivity index (χ3v) is 3.63. The van der Waals surface area contributed by atoms with Gasteiger partial charge in [-0.15, -0.1) is 0 Å². The normalized spacial score (nSPS) is 16.2. The van der Waals surface area contributed by atoms with Crippen molar-refractivity contribution in [3.8, 4) is 5.75 Å². The molecule has 0 radical (unpaired) electrons. The number of hydrogen-bond acceptors (Lipinski definition) is 7. The fourth-order valence-electron chi connectivity index (χ4n) is 2.16. The largest absolute Gasteiger partial charge is 0.508 e. The highest BCUT2D eigenvalue weighted by Crippen LogP contribution is 2.20. The predicted octanol–water partition coefficient (Wildman–Crippen LogP) is 0.0313. The van der Waals surface area contributed by atoms with Gasteiger partial charge in [0.2, 0.25) is 0 Å². The molecule has 2 rings (SSSR count). The van der Waals surface area contributed by atoms with Crippen LogP contribution in [-0.4, -0.2) is 64.5 Å². The van der Waals surface area contributed by atoms with Crippen molar-refractivity contribution in [2.24, 2.45) is 0 Å². The third-order valence-electron chi connectivity index (χ3n) is 3.30. The number of ether oxygens (including phenoxy) is 1. The molecule has 0 spiro atoms. The number of hydrogen-bond donors (Lipinski definition) is 2. The maximum Gasteiger partial charge on any atom is 0.258 e. The average Bonchev–Trinajstić information content (AvgIpc) is 2.48. The van der Waals surface area contributed by atoms with E-state index in [1.54, 1.807) is 29.2 Å². The summed E-state index contributed by atoms with van der Waals surface area (Å²) in [6, 6.07) is 6.67. The number of rotatable bonds is 7. The van der Waals surface area contributed by atoms with E-state index in [4.69, 9.17) is 8.92 Å². The lowest BCUT2D eigenvalue weighted by Crippen LogP contribution is -2.42. The van der Waals surface area contributed by atoms with E-state index in [2.05, 4.69) is 4.90 Å². The van der Waals surface area contributed by atoms with Crippen molar-refractivity contribution >= 4 is 16.7 Å². The van der Waals surface area contributed by atoms with Crippen molar-refractivity contribution in [1.82, 2.24) is 4.90 Å². The number of morpholine rings is 1. The van der Waals surface area contributed by atoms with Crippen LogP contribution in [0.15, 0.2) is 24.3 Å². The molecule has 7 nitrogen and oxygen atoms in total. The molecule has 0 atom stereocenters. The second-order valence-electron chi connectivity index (χ2n) is 4.72. The number of aromatic hydroxyl groups is 1. The first kappa shape index (κ1) is 16.0. The predicted molar refractivity (Wildman–Crippen MR) is 79.0 cm³/mol. The van der Waals surface area contributed by atoms with Gasteiger partial charge in [-0.3, -0.25) is 9.08 Å². The SMILES string of the molecule is O=[SH](=O)OCN(CCN1CCOCC1)c1cccc(O)c1. The summed E-state index contributed by atoms with van der Waals surface area (Å²) in [6.07, 6.45) is 0. The van der Waals surface area contributed by atoms with Gasteiger partial charge in [-0.1, -0.05) is 6.07 Å². The van der Waals surface area contributed by atoms with Gasteiger partial charge < -0.3 is 14.7 Å². The lowest BCUT2D eigenvalue weighted by atomic mass is 10.2. The molecule has 1 aliphatic heterocycles. The Hall–Kier alpha value is -1.35. The fraction of sp³-hybridized carbons (Fsp3) is 0.538. The summed E-state index contributed by atoms with van der Waals surface area (Å²) in [5, 5.41) is 9.54. The Labute approximate surface area is 125 Å². The van der Waals surface area contributed by atoms with Crippen LogP contribution in [-0.2, 0) is 19.9 Å². The minimum atomic E-state index is -2.89. The van der Waals surface area contributed by atoms with Gasteiger partial charge in [0.05, 0.1) is 13.2 Å². The zero-order valence-corrected chi connectivity index (χ0v) is 12.6. The Balaban J connectivity index is 1.97. The van der Waals surface area contributed by atoms with E-state index in [0.717, 1.165) is 38.5 Å². The van der Waals surface area contributed by atoms with Crippen LogP contribution in [0.5, 0.6) is 5.75 Å². The zero-order valence-electron chi connectivity index (χ0n) is 11.7. The molecule has 0 bridgehead atoms. The van der Waals surface area contributed by atoms with Crippen LogP contribution < -0.4 is 4.90 Å². The summed E-state index contributed by atoms with van der Waals surface area (Å²) in [5.74, 6) is 0.135. The van der Waals surface area contributed by atoms with Crippen molar-refractivity contribution < 1.29 is 22.4 Å². The molecule has 1 aromatic rings. The number of anilines is 1. The van der Waals surface area contributed by atoms with E-state index in [9.17, 15) is 13.5 Å². The van der Waals surface area contributed by atoms with Gasteiger partial charge in [0.15, 0.2) is 0 Å². The van der Waals surface area contributed by atoms with Crippen LogP contribution in [0.25, 0.3) is 0 Å². The molecule has 1 fully saturated rings. The van der Waals surface area contributed by atoms with Crippen molar-refractivity contribution in [2.75, 3.05) is 51.0 Å². The van der Waals surface area contributed by atoms with E-state index < -0.39 is 11.0 Å². The molecular weight excluding hydrogens is 296 g/mol. The monoisotopic (exact) mass is 316 g/mol. The average molecular weight is 316 g/mol. The first-order valence-corrected chi connectivity index (χ1v) is 7.86. The summed E-state index contributed by atoms with van der Waals surface area (Å²) in [4.78, 5) is 4.02. The van der Waals surface area contributed by atoms with Crippen molar-refractivity contribution in [3.05, 3.63) is 24.3 Å². The highest BCUT2D eigenvalue weighted by molar-refractivity contribution is 7.67. The Morgan fingerprint density at radius 1 is 1.33 bits per heavy atom. The fourth-order valence-corrected chi connectivity index (χ4v) is 2.40. The smallest absolute Gasteiger partial charge is 0.258 e. The molecule has 0 aromatic heterocycles. The van der Waals surface area contributed by atoms with Crippen LogP contribution in [0, 0.1) is 0 Å². The van der Waals surface area contributed by atoms with E-state index in [1.807, 2.05) is 0 Å². The number of benzene rings is 1. The molecule has 1 saturated heterocycles. The number of nitrogens with zero attached hydrogens (tertiary/aromatic N) is 2. The van der Waals surface area contributed by atoms with Gasteiger partial charge >= 0.3 is 0 Å². The topological polar surface area (TPSA) is 79.3 Å². The van der Waals surface area contributed by atoms with Crippen LogP contribution >= 0.6 is 0 Å². The third kappa shape index (κ3) is 5.50. The minimum Gasteiger partial charge on any atom is -0.508 e. The van der Waals surface area contributed by atoms with Crippen molar-refractivity contribution in [3.63, 3.8) is 0 Å². The Bertz CT molecular complexity index is 509. The Morgan fingerprint density at radius 3 is 2.76 bits per heavy atom. The quantitative estimate of drug-likeness (QED) is 0.543. The van der Waals surface area contributed by atoms with E-state index in [1.165, 1.54) is 0 Å². The Kier molecular flexibility index (Phi) is 6.24. The van der Waals surface area contributed by atoms with E-state index in [-0.39, 0.29) is 12.5 Å². The highest BCUT2D eigenvalue weighted by atomic mass is 32.2. The van der Waals surface area contributed by atoms with E-state index >= 15 is 0 Å². The lowest BCUT2D eigenvalue weighted by Gasteiger charge is -2.30. The highest BCUT2D eigenvalue weighted by Gasteiger charge is 2.13. The van der Waals surface area contributed by atoms with Crippen molar-refractivity contribution in [2.45, 2.75) is 0 Å². The van der Waals surface area contributed by atoms with Gasteiger partial charge in [-0.25, -0.2) is 8.42 Å². The van der Waals surface area contributed by atoms with Gasteiger partial charge in [-0.2, -0.15) is 0 Å². The molecule has 1 heterocycles. The van der Waals surface area contributed by atoms with Gasteiger partial charge in [0, 0.05) is 37.9 Å². The Morgan fingerprint density at radius 2 is 2.10 bits per heavy atom. The van der Waals surface area contributed by atoms with Crippen LogP contribution in [0.2, 0.25) is 0 Å². The number of phenols is 1. The molecule has 118 valence electrons. The molecule has 1 aromatic carbocycles. The van der Waals surface area contributed by atoms with Gasteiger partial charge in [-0.05, 0) is 12.1 Å². The standard InChI is InChI=1S/C13H20N2O5S/c16-13-3-1-2-12(10-13)15(11-20-21(17)18)5-4-14-6-8-19-9-7-14/h1-3,10,16,21H,4-9,11H2. The first-order chi connectivity index (χ1) is 10.1. The molecular formula is C13H20N2O5S. The molecule has 0 saturated carbocycles. The summed E-state index contributed by atoms with van der Waals surface area (Å²) in [5.41, 5.74) is 0.722. The minimum absolute atomic E-state index is 0.0630. The van der Waals surface area contributed by atoms with Gasteiger partial charge in [0.25, 0.3) is 11.0 Å². The summed E-state index contributed by atoms with van der Waals surface area (Å²) in [6.45, 7) is 4.48. The molecule has 21 heavy (non-hydrogen) atoms. The summed E-state index contributed by atoms with van der Waals surface area (Å²) in [7, 11) is -2.89. The van der Waals surface area contributed by atoms with Crippen LogP contribution in [0.3, 0.4) is 0 Å². The second kappa shape index (κ2) is 8.18. The van der Waals surface area contributed by atoms with Crippen molar-refractivity contribution in [1.29, 1.82) is 0 Å². The van der Waals surface area contributed by atoms with Crippen LogP contribution in [0.4, 0.5) is 5.69 Å². The maximum atomic E-state index is 10.6. The second-order valence-corrected chi connectivity index (χ2v) is 5.42. The molecule has 0 amide bonds. The number of thiol groups is 1. The molecule has 8 heteroatoms. The molecule has 0 unspecified atom stereocenters. The molecule has 1 N–H and O–H groups in total. The first-order valence-electron chi connectivity index (χ1n) is 6.76. The van der Waals surface area contributed by atoms with Crippen LogP contribution in [0.1, 0.15) is 0 Å². The lowest BCUT2D eigenvalue weighted by molar-refractivity contribution is 0.0389. The summed E-state index contributed by atoms with van der Waals surface area (Å²) < 4.78 is 31.2.